The van der Waals surface area contributed by atoms with Crippen molar-refractivity contribution < 1.29 is 9.15 Å². The predicted molar refractivity (Wildman–Crippen MR) is 78.0 cm³/mol. The zero-order valence-corrected chi connectivity index (χ0v) is 10.8. The Hall–Kier alpha value is -2.75. The zero-order chi connectivity index (χ0) is 13.9. The van der Waals surface area contributed by atoms with Crippen molar-refractivity contribution in [3.05, 3.63) is 66.1 Å². The number of fused-ring (bicyclic) bond motifs is 1. The molecule has 1 heterocycles. The van der Waals surface area contributed by atoms with Crippen molar-refractivity contribution in [1.82, 2.24) is 0 Å². The largest absolute Gasteiger partial charge is 0.485 e. The number of ether oxygens (including phenoxy) is 1. The van der Waals surface area contributed by atoms with Gasteiger partial charge in [-0.2, -0.15) is 0 Å². The second-order valence-electron chi connectivity index (χ2n) is 4.44. The molecule has 0 bridgehead atoms. The van der Waals surface area contributed by atoms with E-state index < -0.39 is 0 Å². The quantitative estimate of drug-likeness (QED) is 0.562. The molecule has 0 aliphatic heterocycles. The van der Waals surface area contributed by atoms with Crippen molar-refractivity contribution in [2.24, 2.45) is 5.73 Å². The second kappa shape index (κ2) is 5.09. The summed E-state index contributed by atoms with van der Waals surface area (Å²) in [6.45, 7) is 0.371. The summed E-state index contributed by atoms with van der Waals surface area (Å²) in [5.74, 6) is 1.57. The second-order valence-corrected chi connectivity index (χ2v) is 4.44. The third-order valence-corrected chi connectivity index (χ3v) is 3.12. The first-order valence-electron chi connectivity index (χ1n) is 6.27. The molecule has 3 N–H and O–H groups in total. The summed E-state index contributed by atoms with van der Waals surface area (Å²) in [4.78, 5) is 0. The fourth-order valence-corrected chi connectivity index (χ4v) is 2.18. The highest BCUT2D eigenvalue weighted by Gasteiger charge is 2.09. The molecule has 2 aromatic carbocycles. The van der Waals surface area contributed by atoms with E-state index in [1.165, 1.54) is 0 Å². The van der Waals surface area contributed by atoms with E-state index >= 15 is 0 Å². The Balaban J connectivity index is 1.99. The van der Waals surface area contributed by atoms with Gasteiger partial charge in [-0.25, -0.2) is 0 Å². The Morgan fingerprint density at radius 1 is 1.05 bits per heavy atom. The molecule has 0 aliphatic rings. The molecule has 1 aromatic heterocycles. The van der Waals surface area contributed by atoms with E-state index in [2.05, 4.69) is 0 Å². The topological polar surface area (TPSA) is 72.2 Å². The molecule has 0 amide bonds. The van der Waals surface area contributed by atoms with Gasteiger partial charge in [-0.05, 0) is 29.7 Å². The van der Waals surface area contributed by atoms with Gasteiger partial charge < -0.3 is 14.9 Å². The van der Waals surface area contributed by atoms with Gasteiger partial charge in [-0.3, -0.25) is 5.41 Å². The number of nitrogens with one attached hydrogen (secondary N) is 1. The Morgan fingerprint density at radius 2 is 1.85 bits per heavy atom. The minimum atomic E-state index is 0.0544. The summed E-state index contributed by atoms with van der Waals surface area (Å²) in [6.07, 6.45) is 1.62. The minimum absolute atomic E-state index is 0.0544. The van der Waals surface area contributed by atoms with Crippen LogP contribution in [0.15, 0.2) is 59.2 Å². The number of nitrogen functional groups attached to an aromatic ring is 1. The molecule has 20 heavy (non-hydrogen) atoms. The Morgan fingerprint density at radius 3 is 2.55 bits per heavy atom. The van der Waals surface area contributed by atoms with Gasteiger partial charge in [0.25, 0.3) is 0 Å². The first-order valence-corrected chi connectivity index (χ1v) is 6.27. The summed E-state index contributed by atoms with van der Waals surface area (Å²) in [6, 6.07) is 15.1. The highest BCUT2D eigenvalue weighted by atomic mass is 16.5. The van der Waals surface area contributed by atoms with E-state index in [-0.39, 0.29) is 5.84 Å². The molecular weight excluding hydrogens is 252 g/mol. The van der Waals surface area contributed by atoms with Crippen LogP contribution in [-0.2, 0) is 6.61 Å². The van der Waals surface area contributed by atoms with Crippen LogP contribution in [0.5, 0.6) is 5.75 Å². The van der Waals surface area contributed by atoms with E-state index in [9.17, 15) is 0 Å². The predicted octanol–water partition coefficient (Wildman–Crippen LogP) is 3.30. The van der Waals surface area contributed by atoms with Crippen molar-refractivity contribution in [2.45, 2.75) is 6.61 Å². The highest BCUT2D eigenvalue weighted by Crippen LogP contribution is 2.29. The van der Waals surface area contributed by atoms with Gasteiger partial charge in [0, 0.05) is 10.9 Å². The molecule has 0 fully saturated rings. The van der Waals surface area contributed by atoms with Crippen LogP contribution in [0.4, 0.5) is 0 Å². The number of nitrogens with two attached hydrogens (primary N) is 1. The lowest BCUT2D eigenvalue weighted by Gasteiger charge is -2.11. The molecule has 0 radical (unpaired) electrons. The zero-order valence-electron chi connectivity index (χ0n) is 10.8. The van der Waals surface area contributed by atoms with Crippen molar-refractivity contribution in [1.29, 1.82) is 5.41 Å². The maximum Gasteiger partial charge on any atom is 0.146 e. The highest BCUT2D eigenvalue weighted by molar-refractivity contribution is 6.09. The molecule has 3 aromatic rings. The average Bonchev–Trinajstić information content (AvgIpc) is 2.97. The van der Waals surface area contributed by atoms with Crippen molar-refractivity contribution in [3.8, 4) is 5.75 Å². The van der Waals surface area contributed by atoms with E-state index in [0.717, 1.165) is 22.3 Å². The molecule has 0 aliphatic carbocycles. The lowest BCUT2D eigenvalue weighted by Crippen LogP contribution is -2.11. The third-order valence-electron chi connectivity index (χ3n) is 3.12. The molecule has 0 atom stereocenters. The standard InChI is InChI=1S/C16H14N2O2/c17-16(18)14-7-8-15(13-6-2-1-5-12(13)14)20-10-11-4-3-9-19-11/h1-9H,10H2,(H3,17,18). The summed E-state index contributed by atoms with van der Waals surface area (Å²) < 4.78 is 11.0. The van der Waals surface area contributed by atoms with Crippen LogP contribution in [-0.4, -0.2) is 5.84 Å². The van der Waals surface area contributed by atoms with E-state index in [4.69, 9.17) is 20.3 Å². The number of furan rings is 1. The van der Waals surface area contributed by atoms with Crippen molar-refractivity contribution >= 4 is 16.6 Å². The fraction of sp³-hybridized carbons (Fsp3) is 0.0625. The van der Waals surface area contributed by atoms with Crippen LogP contribution >= 0.6 is 0 Å². The molecule has 0 unspecified atom stereocenters. The van der Waals surface area contributed by atoms with E-state index in [1.54, 1.807) is 6.26 Å². The number of benzene rings is 2. The fourth-order valence-electron chi connectivity index (χ4n) is 2.18. The number of amidine groups is 1. The Labute approximate surface area is 116 Å². The molecule has 0 saturated carbocycles. The number of hydrogen-bond acceptors (Lipinski definition) is 3. The van der Waals surface area contributed by atoms with Gasteiger partial charge in [-0.1, -0.05) is 24.3 Å². The van der Waals surface area contributed by atoms with Crippen LogP contribution in [0, 0.1) is 5.41 Å². The van der Waals surface area contributed by atoms with Crippen molar-refractivity contribution in [3.63, 3.8) is 0 Å². The van der Waals surface area contributed by atoms with Gasteiger partial charge in [-0.15, -0.1) is 0 Å². The van der Waals surface area contributed by atoms with E-state index in [0.29, 0.717) is 12.2 Å². The number of rotatable bonds is 4. The van der Waals surface area contributed by atoms with Crippen LogP contribution < -0.4 is 10.5 Å². The molecule has 100 valence electrons. The summed E-state index contributed by atoms with van der Waals surface area (Å²) in [5, 5.41) is 9.48. The minimum Gasteiger partial charge on any atom is -0.485 e. The van der Waals surface area contributed by atoms with Gasteiger partial charge in [0.2, 0.25) is 0 Å². The SMILES string of the molecule is N=C(N)c1ccc(OCc2ccco2)c2ccccc12. The molecule has 4 nitrogen and oxygen atoms in total. The average molecular weight is 266 g/mol. The van der Waals surface area contributed by atoms with Crippen LogP contribution in [0.3, 0.4) is 0 Å². The normalized spacial score (nSPS) is 10.6. The molecule has 3 rings (SSSR count). The van der Waals surface area contributed by atoms with Crippen LogP contribution in [0.1, 0.15) is 11.3 Å². The summed E-state index contributed by atoms with van der Waals surface area (Å²) >= 11 is 0. The van der Waals surface area contributed by atoms with E-state index in [1.807, 2.05) is 48.5 Å². The Bertz CT molecular complexity index is 748. The van der Waals surface area contributed by atoms with Gasteiger partial charge in [0.1, 0.15) is 24.0 Å². The van der Waals surface area contributed by atoms with Gasteiger partial charge in [0.15, 0.2) is 0 Å². The summed E-state index contributed by atoms with van der Waals surface area (Å²) in [5.41, 5.74) is 6.32. The van der Waals surface area contributed by atoms with Gasteiger partial charge in [0.05, 0.1) is 6.26 Å². The van der Waals surface area contributed by atoms with Gasteiger partial charge >= 0.3 is 0 Å². The first-order chi connectivity index (χ1) is 9.75. The maximum absolute atomic E-state index is 7.63. The monoisotopic (exact) mass is 266 g/mol. The van der Waals surface area contributed by atoms with Crippen LogP contribution in [0.25, 0.3) is 10.8 Å². The summed E-state index contributed by atoms with van der Waals surface area (Å²) in [7, 11) is 0. The third kappa shape index (κ3) is 2.23. The lowest BCUT2D eigenvalue weighted by molar-refractivity contribution is 0.273. The van der Waals surface area contributed by atoms with Crippen molar-refractivity contribution in [2.75, 3.05) is 0 Å². The molecular formula is C16H14N2O2. The Kier molecular flexibility index (Phi) is 3.13. The molecule has 0 spiro atoms. The molecule has 4 heteroatoms. The number of hydrogen-bond donors (Lipinski definition) is 2. The smallest absolute Gasteiger partial charge is 0.146 e. The lowest BCUT2D eigenvalue weighted by atomic mass is 10.0. The first kappa shape index (κ1) is 12.3. The van der Waals surface area contributed by atoms with Crippen LogP contribution in [0.2, 0.25) is 0 Å². The molecule has 0 saturated heterocycles. The maximum atomic E-state index is 7.63.